The molecule has 2 aliphatic carbocycles. The highest BCUT2D eigenvalue weighted by Gasteiger charge is 2.67. The van der Waals surface area contributed by atoms with E-state index in [1.54, 1.807) is 4.90 Å². The minimum atomic E-state index is -5.05. The van der Waals surface area contributed by atoms with Gasteiger partial charge in [0.05, 0.1) is 34.5 Å². The molecule has 4 atom stereocenters. The van der Waals surface area contributed by atoms with Crippen molar-refractivity contribution in [2.24, 2.45) is 11.3 Å². The number of hydrogen-bond acceptors (Lipinski definition) is 7. The van der Waals surface area contributed by atoms with Gasteiger partial charge in [-0.05, 0) is 74.6 Å². The summed E-state index contributed by atoms with van der Waals surface area (Å²) >= 11 is 0. The molecule has 1 aromatic carbocycles. The molecule has 5 aliphatic rings. The van der Waals surface area contributed by atoms with Gasteiger partial charge in [-0.3, -0.25) is 9.88 Å². The minimum absolute atomic E-state index is 0.0401. The average Bonchev–Trinajstić information content (AvgIpc) is 3.90. The van der Waals surface area contributed by atoms with E-state index in [9.17, 15) is 26.3 Å². The van der Waals surface area contributed by atoms with E-state index >= 15 is 4.39 Å². The molecule has 7 nitrogen and oxygen atoms in total. The number of nitrogen functional groups attached to an aromatic ring is 1. The number of anilines is 2. The fourth-order valence-electron chi connectivity index (χ4n) is 8.73. The van der Waals surface area contributed by atoms with Crippen LogP contribution in [0.25, 0.3) is 22.2 Å². The van der Waals surface area contributed by atoms with Gasteiger partial charge in [0.2, 0.25) is 0 Å². The van der Waals surface area contributed by atoms with Crippen LogP contribution >= 0.6 is 0 Å². The summed E-state index contributed by atoms with van der Waals surface area (Å²) in [6, 6.07) is 0.00678. The number of nitrogens with zero attached hydrogens (tertiary/aromatic N) is 5. The Bertz CT molecular complexity index is 1830. The van der Waals surface area contributed by atoms with Gasteiger partial charge < -0.3 is 15.4 Å². The van der Waals surface area contributed by atoms with Crippen LogP contribution in [0.2, 0.25) is 0 Å². The molecule has 0 amide bonds. The Labute approximate surface area is 266 Å². The molecule has 3 aliphatic heterocycles. The van der Waals surface area contributed by atoms with Crippen LogP contribution in [-0.2, 0) is 6.18 Å². The Balaban J connectivity index is 1.27. The zero-order valence-electron chi connectivity index (χ0n) is 25.6. The summed E-state index contributed by atoms with van der Waals surface area (Å²) in [5.41, 5.74) is 1.24. The van der Waals surface area contributed by atoms with Gasteiger partial charge >= 0.3 is 12.2 Å². The van der Waals surface area contributed by atoms with E-state index in [-0.39, 0.29) is 40.7 Å². The summed E-state index contributed by atoms with van der Waals surface area (Å²) in [6.45, 7) is 2.70. The maximum atomic E-state index is 16.6. The number of pyridine rings is 1. The average molecular weight is 663 g/mol. The Morgan fingerprint density at radius 3 is 2.62 bits per heavy atom. The van der Waals surface area contributed by atoms with Crippen molar-refractivity contribution in [3.8, 4) is 17.3 Å². The summed E-state index contributed by atoms with van der Waals surface area (Å²) in [4.78, 5) is 17.1. The molecule has 8 rings (SSSR count). The molecule has 0 radical (unpaired) electrons. The predicted octanol–water partition coefficient (Wildman–Crippen LogP) is 7.07. The number of ether oxygens (including phenoxy) is 1. The van der Waals surface area contributed by atoms with Crippen molar-refractivity contribution in [2.75, 3.05) is 36.9 Å². The summed E-state index contributed by atoms with van der Waals surface area (Å²) in [5.74, 6) is -2.49. The van der Waals surface area contributed by atoms with Crippen LogP contribution in [0.15, 0.2) is 24.2 Å². The lowest BCUT2D eigenvalue weighted by Crippen LogP contribution is -2.49. The molecule has 1 spiro atoms. The number of benzene rings is 1. The zero-order valence-corrected chi connectivity index (χ0v) is 25.6. The Hall–Kier alpha value is -3.68. The fraction of sp³-hybridized carbons (Fsp3) is 0.545. The van der Waals surface area contributed by atoms with Crippen molar-refractivity contribution >= 4 is 22.4 Å². The fourth-order valence-corrected chi connectivity index (χ4v) is 8.73. The third-order valence-corrected chi connectivity index (χ3v) is 11.4. The van der Waals surface area contributed by atoms with Crippen LogP contribution in [0.4, 0.5) is 42.2 Å². The second-order valence-electron chi connectivity index (χ2n) is 13.8. The number of aromatic nitrogens is 3. The summed E-state index contributed by atoms with van der Waals surface area (Å²) in [6.07, 6.45) is 1.24. The largest absolute Gasteiger partial charge is 0.461 e. The highest BCUT2D eigenvalue weighted by molar-refractivity contribution is 5.93. The highest BCUT2D eigenvalue weighted by atomic mass is 19.4. The van der Waals surface area contributed by atoms with E-state index in [0.717, 1.165) is 51.6 Å². The summed E-state index contributed by atoms with van der Waals surface area (Å²) in [7, 11) is 0. The second-order valence-corrected chi connectivity index (χ2v) is 13.8. The second kappa shape index (κ2) is 10.4. The van der Waals surface area contributed by atoms with Crippen LogP contribution in [0.1, 0.15) is 56.1 Å². The Kier molecular flexibility index (Phi) is 6.79. The number of halogens is 7. The molecule has 2 N–H and O–H groups in total. The summed E-state index contributed by atoms with van der Waals surface area (Å²) in [5, 5.41) is 0.0848. The number of hydrogen-bond donors (Lipinski definition) is 1. The Morgan fingerprint density at radius 1 is 1.11 bits per heavy atom. The van der Waals surface area contributed by atoms with E-state index in [1.807, 2.05) is 0 Å². The lowest BCUT2D eigenvalue weighted by atomic mass is 9.80. The van der Waals surface area contributed by atoms with Gasteiger partial charge in [0.1, 0.15) is 35.6 Å². The van der Waals surface area contributed by atoms with Gasteiger partial charge in [-0.1, -0.05) is 6.42 Å². The molecule has 47 heavy (non-hydrogen) atoms. The molecule has 5 fully saturated rings. The van der Waals surface area contributed by atoms with Crippen molar-refractivity contribution in [1.82, 2.24) is 19.9 Å². The van der Waals surface area contributed by atoms with Crippen molar-refractivity contribution < 1.29 is 35.5 Å². The normalized spacial score (nSPS) is 29.0. The third-order valence-electron chi connectivity index (χ3n) is 11.4. The van der Waals surface area contributed by atoms with Gasteiger partial charge in [-0.25, -0.2) is 17.6 Å². The molecule has 14 heteroatoms. The van der Waals surface area contributed by atoms with Crippen LogP contribution in [0.3, 0.4) is 0 Å². The molecule has 2 saturated carbocycles. The van der Waals surface area contributed by atoms with E-state index in [2.05, 4.69) is 19.9 Å². The quantitative estimate of drug-likeness (QED) is 0.231. The Morgan fingerprint density at radius 2 is 1.89 bits per heavy atom. The zero-order chi connectivity index (χ0) is 33.0. The van der Waals surface area contributed by atoms with Crippen molar-refractivity contribution in [2.45, 2.75) is 75.8 Å². The number of nitrogens with two attached hydrogens (primary N) is 1. The lowest BCUT2D eigenvalue weighted by molar-refractivity contribution is -0.137. The molecular weight excluding hydrogens is 629 g/mol. The van der Waals surface area contributed by atoms with Crippen LogP contribution in [0, 0.1) is 29.9 Å². The van der Waals surface area contributed by atoms with E-state index in [4.69, 9.17) is 10.5 Å². The molecule has 0 bridgehead atoms. The number of rotatable bonds is 5. The van der Waals surface area contributed by atoms with E-state index in [0.29, 0.717) is 37.8 Å². The van der Waals surface area contributed by atoms with E-state index < -0.39 is 63.6 Å². The monoisotopic (exact) mass is 662 g/mol. The smallest absolute Gasteiger partial charge is 0.417 e. The van der Waals surface area contributed by atoms with E-state index in [1.165, 1.54) is 6.20 Å². The molecule has 0 unspecified atom stereocenters. The van der Waals surface area contributed by atoms with Gasteiger partial charge in [-0.2, -0.15) is 23.1 Å². The molecule has 3 saturated heterocycles. The first kappa shape index (κ1) is 30.6. The predicted molar refractivity (Wildman–Crippen MR) is 160 cm³/mol. The van der Waals surface area contributed by atoms with Crippen molar-refractivity contribution in [1.29, 1.82) is 0 Å². The lowest BCUT2D eigenvalue weighted by Gasteiger charge is -2.37. The topological polar surface area (TPSA) is 80.4 Å². The number of fused-ring (bicyclic) bond motifs is 4. The van der Waals surface area contributed by atoms with Crippen molar-refractivity contribution in [3.63, 3.8) is 0 Å². The molecule has 5 heterocycles. The molecule has 2 aromatic heterocycles. The first-order valence-electron chi connectivity index (χ1n) is 16.0. The minimum Gasteiger partial charge on any atom is -0.461 e. The van der Waals surface area contributed by atoms with Crippen LogP contribution in [0.5, 0.6) is 6.01 Å². The maximum absolute atomic E-state index is 16.6. The van der Waals surface area contributed by atoms with Gasteiger partial charge in [0.15, 0.2) is 5.82 Å². The van der Waals surface area contributed by atoms with Gasteiger partial charge in [0, 0.05) is 30.8 Å². The van der Waals surface area contributed by atoms with Crippen molar-refractivity contribution in [3.05, 3.63) is 46.9 Å². The van der Waals surface area contributed by atoms with Crippen LogP contribution in [-0.4, -0.2) is 63.8 Å². The molecular formula is C33H33F7N6O. The van der Waals surface area contributed by atoms with Gasteiger partial charge in [0.25, 0.3) is 0 Å². The molecule has 250 valence electrons. The maximum Gasteiger partial charge on any atom is 0.417 e. The van der Waals surface area contributed by atoms with Crippen LogP contribution < -0.4 is 15.4 Å². The van der Waals surface area contributed by atoms with Gasteiger partial charge in [-0.15, -0.1) is 0 Å². The first-order valence-corrected chi connectivity index (χ1v) is 16.0. The SMILES string of the molecule is Cc1c(F)c(N)cc(-c2ncc3c(N4CCCC[C@H]5[C@H](F)[C@H]54)nc(OC[C@]45C/C(=C\F)CN4CCC54CC4)nc3c2F)c1C(F)(F)F. The third kappa shape index (κ3) is 4.52. The first-order chi connectivity index (χ1) is 22.4. The standard InChI is InChI=1S/C33H33F7N6O/c1-16-22(33(38,39)40)19(10-21(41)23(16)35)26-25(37)27-20(13-42-26)29(46-8-3-2-4-18-24(36)28(18)46)44-30(43-27)47-15-32-11-17(12-34)14-45(32)9-7-31(32)5-6-31/h10,12-13,18,24,28H,2-9,11,14-15,41H2,1H3/b17-12+/t18-,24-,28-,32-/m0/s1. The molecule has 3 aromatic rings. The number of alkyl halides is 4. The highest BCUT2D eigenvalue weighted by Crippen LogP contribution is 2.66. The summed E-state index contributed by atoms with van der Waals surface area (Å²) < 4.78 is 109.